The number of fused-ring (bicyclic) bond motifs is 7. The number of hydrogen-bond donors (Lipinski definition) is 0. The Balaban J connectivity index is 1.54. The molecule has 0 saturated heterocycles. The number of nitrogens with zero attached hydrogens (tertiary/aromatic N) is 6. The minimum absolute atomic E-state index is 0.0140. The van der Waals surface area contributed by atoms with Gasteiger partial charge in [0.05, 0.1) is 11.4 Å². The van der Waals surface area contributed by atoms with Crippen molar-refractivity contribution in [2.24, 2.45) is 0 Å². The Hall–Kier alpha value is -6.12. The zero-order valence-corrected chi connectivity index (χ0v) is 22.0. The van der Waals surface area contributed by atoms with Gasteiger partial charge in [0.1, 0.15) is 35.4 Å². The second kappa shape index (κ2) is 9.26. The molecule has 2 aliphatic rings. The molecule has 3 heterocycles. The summed E-state index contributed by atoms with van der Waals surface area (Å²) in [4.78, 5) is 10.5. The van der Waals surface area contributed by atoms with Gasteiger partial charge < -0.3 is 0 Å². The maximum atomic E-state index is 9.94. The molecule has 0 spiro atoms. The lowest BCUT2D eigenvalue weighted by molar-refractivity contribution is 1.32. The summed E-state index contributed by atoms with van der Waals surface area (Å²) in [5.41, 5.74) is 9.68. The van der Waals surface area contributed by atoms with Crippen molar-refractivity contribution in [1.29, 1.82) is 21.0 Å². The van der Waals surface area contributed by atoms with Gasteiger partial charge in [0, 0.05) is 55.5 Å². The molecule has 0 unspecified atom stereocenters. The molecular weight excluding hydrogens is 524 g/mol. The number of pyridine rings is 2. The van der Waals surface area contributed by atoms with Crippen LogP contribution in [-0.2, 0) is 0 Å². The Morgan fingerprint density at radius 2 is 0.976 bits per heavy atom. The molecule has 0 N–H and O–H groups in total. The first-order valence-electron chi connectivity index (χ1n) is 12.6. The van der Waals surface area contributed by atoms with E-state index in [1.807, 2.05) is 72.8 Å². The second-order valence-electron chi connectivity index (χ2n) is 9.41. The lowest BCUT2D eigenvalue weighted by Gasteiger charge is -2.08. The third kappa shape index (κ3) is 3.45. The van der Waals surface area contributed by atoms with E-state index in [1.54, 1.807) is 12.4 Å². The van der Waals surface area contributed by atoms with Crippen LogP contribution in [0.2, 0.25) is 0 Å². The summed E-state index contributed by atoms with van der Waals surface area (Å²) in [7, 11) is 0. The number of rotatable bonds is 2. The third-order valence-corrected chi connectivity index (χ3v) is 8.57. The maximum absolute atomic E-state index is 9.94. The lowest BCUT2D eigenvalue weighted by Crippen LogP contribution is -1.90. The number of benzene rings is 2. The average Bonchev–Trinajstić information content (AvgIpc) is 3.65. The van der Waals surface area contributed by atoms with Crippen LogP contribution < -0.4 is 0 Å². The first-order valence-corrected chi connectivity index (χ1v) is 13.4. The SMILES string of the molecule is N#CC(C#N)=C1c2cc(-c3ccccn3)ccc2-c2c1sc1c2-c2ccc(-c3ccccn3)cc2C1=C(C#N)C#N. The summed E-state index contributed by atoms with van der Waals surface area (Å²) in [6.45, 7) is 0. The Kier molecular flexibility index (Phi) is 5.41. The molecule has 0 aliphatic heterocycles. The summed E-state index contributed by atoms with van der Waals surface area (Å²) < 4.78 is 0. The third-order valence-electron chi connectivity index (χ3n) is 7.35. The highest BCUT2D eigenvalue weighted by Crippen LogP contribution is 2.61. The number of thiophene rings is 1. The molecule has 7 heteroatoms. The fourth-order valence-corrected chi connectivity index (χ4v) is 7.10. The van der Waals surface area contributed by atoms with Crippen LogP contribution >= 0.6 is 11.3 Å². The molecule has 3 aromatic heterocycles. The largest absolute Gasteiger partial charge is 0.256 e. The molecule has 0 bridgehead atoms. The standard InChI is InChI=1S/C34H14N6S/c35-15-21(16-36)29-25-13-19(27-5-1-3-11-39-27)7-9-23(25)31-32-24-10-8-20(28-6-2-4-12-40-28)14-26(24)30(22(17-37)18-38)34(32)41-33(29)31/h1-14H. The van der Waals surface area contributed by atoms with Crippen molar-refractivity contribution in [3.63, 3.8) is 0 Å². The zero-order valence-electron chi connectivity index (χ0n) is 21.2. The van der Waals surface area contributed by atoms with Crippen LogP contribution in [0.15, 0.2) is 96.3 Å². The van der Waals surface area contributed by atoms with E-state index in [-0.39, 0.29) is 11.1 Å². The fourth-order valence-electron chi connectivity index (χ4n) is 5.64. The number of aromatic nitrogens is 2. The molecule has 0 fully saturated rings. The van der Waals surface area contributed by atoms with Gasteiger partial charge in [0.15, 0.2) is 0 Å². The number of nitriles is 4. The molecular formula is C34H14N6S. The first-order chi connectivity index (χ1) is 20.2. The van der Waals surface area contributed by atoms with E-state index >= 15 is 0 Å². The summed E-state index contributed by atoms with van der Waals surface area (Å²) >= 11 is 1.41. The quantitative estimate of drug-likeness (QED) is 0.210. The number of allylic oxidation sites excluding steroid dienone is 2. The molecule has 2 aromatic carbocycles. The molecule has 0 radical (unpaired) electrons. The van der Waals surface area contributed by atoms with Crippen molar-refractivity contribution in [3.8, 4) is 69.0 Å². The normalized spacial score (nSPS) is 11.7. The smallest absolute Gasteiger partial charge is 0.138 e. The van der Waals surface area contributed by atoms with E-state index in [4.69, 9.17) is 0 Å². The predicted molar refractivity (Wildman–Crippen MR) is 156 cm³/mol. The van der Waals surface area contributed by atoms with Gasteiger partial charge in [-0.2, -0.15) is 21.0 Å². The minimum Gasteiger partial charge on any atom is -0.256 e. The topological polar surface area (TPSA) is 121 Å². The highest BCUT2D eigenvalue weighted by Gasteiger charge is 2.39. The fraction of sp³-hybridized carbons (Fsp3) is 0. The predicted octanol–water partition coefficient (Wildman–Crippen LogP) is 7.53. The monoisotopic (exact) mass is 538 g/mol. The first kappa shape index (κ1) is 24.0. The van der Waals surface area contributed by atoms with Crippen LogP contribution in [0.4, 0.5) is 0 Å². The average molecular weight is 539 g/mol. The highest BCUT2D eigenvalue weighted by molar-refractivity contribution is 7.16. The van der Waals surface area contributed by atoms with Crippen molar-refractivity contribution < 1.29 is 0 Å². The van der Waals surface area contributed by atoms with Gasteiger partial charge >= 0.3 is 0 Å². The Morgan fingerprint density at radius 3 is 1.34 bits per heavy atom. The van der Waals surface area contributed by atoms with Crippen molar-refractivity contribution in [3.05, 3.63) is 117 Å². The Morgan fingerprint density at radius 1 is 0.537 bits per heavy atom. The number of hydrogen-bond acceptors (Lipinski definition) is 7. The molecule has 7 rings (SSSR count). The zero-order chi connectivity index (χ0) is 28.1. The van der Waals surface area contributed by atoms with Crippen molar-refractivity contribution in [2.45, 2.75) is 0 Å². The molecule has 0 amide bonds. The van der Waals surface area contributed by atoms with Gasteiger partial charge in [-0.15, -0.1) is 11.3 Å². The second-order valence-corrected chi connectivity index (χ2v) is 10.4. The summed E-state index contributed by atoms with van der Waals surface area (Å²) in [5.74, 6) is 0. The molecule has 186 valence electrons. The summed E-state index contributed by atoms with van der Waals surface area (Å²) in [6, 6.07) is 31.7. The molecule has 0 saturated carbocycles. The Bertz CT molecular complexity index is 1990. The van der Waals surface area contributed by atoms with E-state index in [9.17, 15) is 21.0 Å². The van der Waals surface area contributed by atoms with E-state index in [1.165, 1.54) is 11.3 Å². The maximum Gasteiger partial charge on any atom is 0.138 e. The Labute approximate surface area is 239 Å². The van der Waals surface area contributed by atoms with Crippen LogP contribution in [0.25, 0.3) is 55.9 Å². The van der Waals surface area contributed by atoms with Crippen molar-refractivity contribution in [1.82, 2.24) is 9.97 Å². The minimum atomic E-state index is 0.0140. The van der Waals surface area contributed by atoms with Gasteiger partial charge in [0.2, 0.25) is 0 Å². The van der Waals surface area contributed by atoms with E-state index in [2.05, 4.69) is 34.2 Å². The van der Waals surface area contributed by atoms with Gasteiger partial charge in [-0.3, -0.25) is 9.97 Å². The highest BCUT2D eigenvalue weighted by atomic mass is 32.1. The van der Waals surface area contributed by atoms with Crippen molar-refractivity contribution >= 4 is 22.5 Å². The molecule has 0 atom stereocenters. The van der Waals surface area contributed by atoms with Crippen LogP contribution in [0, 0.1) is 45.3 Å². The van der Waals surface area contributed by atoms with Gasteiger partial charge in [-0.05, 0) is 58.7 Å². The van der Waals surface area contributed by atoms with Crippen LogP contribution in [0.1, 0.15) is 20.9 Å². The van der Waals surface area contributed by atoms with Crippen LogP contribution in [-0.4, -0.2) is 9.97 Å². The van der Waals surface area contributed by atoms with Gasteiger partial charge in [0.25, 0.3) is 0 Å². The summed E-state index contributed by atoms with van der Waals surface area (Å²) in [6.07, 6.45) is 3.45. The van der Waals surface area contributed by atoms with Crippen molar-refractivity contribution in [2.75, 3.05) is 0 Å². The van der Waals surface area contributed by atoms with E-state index < -0.39 is 0 Å². The summed E-state index contributed by atoms with van der Waals surface area (Å²) in [5, 5.41) is 39.8. The van der Waals surface area contributed by atoms with Gasteiger partial charge in [-0.1, -0.05) is 36.4 Å². The van der Waals surface area contributed by atoms with Crippen LogP contribution in [0.5, 0.6) is 0 Å². The molecule has 2 aliphatic carbocycles. The van der Waals surface area contributed by atoms with Crippen LogP contribution in [0.3, 0.4) is 0 Å². The molecule has 5 aromatic rings. The van der Waals surface area contributed by atoms with Gasteiger partial charge in [-0.25, -0.2) is 0 Å². The van der Waals surface area contributed by atoms with E-state index in [0.29, 0.717) is 11.1 Å². The van der Waals surface area contributed by atoms with E-state index in [0.717, 1.165) is 65.6 Å². The molecule has 6 nitrogen and oxygen atoms in total. The lowest BCUT2D eigenvalue weighted by atomic mass is 9.95. The molecule has 41 heavy (non-hydrogen) atoms.